The first-order valence-corrected chi connectivity index (χ1v) is 14.0. The number of piperidine rings is 1. The van der Waals surface area contributed by atoms with Gasteiger partial charge in [-0.3, -0.25) is 14.9 Å². The second kappa shape index (κ2) is 11.8. The van der Waals surface area contributed by atoms with E-state index < -0.39 is 11.1 Å². The van der Waals surface area contributed by atoms with Crippen LogP contribution in [0.4, 0.5) is 16.3 Å². The number of nitrogens with one attached hydrogen (secondary N) is 1. The van der Waals surface area contributed by atoms with E-state index in [2.05, 4.69) is 9.97 Å². The molecular weight excluding hydrogens is 552 g/mol. The van der Waals surface area contributed by atoms with E-state index in [0.29, 0.717) is 73.4 Å². The molecule has 1 aliphatic heterocycles. The standard InChI is InChI=1S/C32H28N4O7/c37-22-13-15-35(16-14-22)30-27(18-21(19-33-30)36(40)41)25-10-4-9-24-26(31(34-29(24)25)43-32(38)39)11-5-17-42-28-12-3-7-20-6-1-2-8-23(20)28/h1-4,6-10,12,18-19,34H,5,11,13-17H2,(H,38,39). The number of rotatable bonds is 9. The number of anilines is 1. The third kappa shape index (κ3) is 5.69. The van der Waals surface area contributed by atoms with E-state index in [9.17, 15) is 24.8 Å². The number of Topliss-reactive ketones (excluding diaryl/α,β-unsaturated/α-hetero) is 1. The Morgan fingerprint density at radius 1 is 1.02 bits per heavy atom. The van der Waals surface area contributed by atoms with Gasteiger partial charge in [0, 0.05) is 59.5 Å². The van der Waals surface area contributed by atoms with E-state index in [0.717, 1.165) is 21.9 Å². The topological polar surface area (TPSA) is 148 Å². The average Bonchev–Trinajstić information content (AvgIpc) is 3.35. The maximum Gasteiger partial charge on any atom is 0.512 e. The monoisotopic (exact) mass is 580 g/mol. The van der Waals surface area contributed by atoms with Crippen LogP contribution in [0.1, 0.15) is 24.8 Å². The minimum Gasteiger partial charge on any atom is -0.493 e. The molecule has 5 aromatic rings. The van der Waals surface area contributed by atoms with Crippen molar-refractivity contribution in [3.8, 4) is 22.8 Å². The molecule has 3 aromatic carbocycles. The summed E-state index contributed by atoms with van der Waals surface area (Å²) < 4.78 is 11.3. The third-order valence-corrected chi connectivity index (χ3v) is 7.64. The van der Waals surface area contributed by atoms with Crippen LogP contribution in [-0.2, 0) is 11.2 Å². The molecule has 2 aromatic heterocycles. The Labute approximate surface area is 245 Å². The van der Waals surface area contributed by atoms with Crippen LogP contribution >= 0.6 is 0 Å². The smallest absolute Gasteiger partial charge is 0.493 e. The number of nitrogens with zero attached hydrogens (tertiary/aromatic N) is 3. The molecule has 0 amide bonds. The molecule has 0 unspecified atom stereocenters. The first-order chi connectivity index (χ1) is 20.9. The number of fused-ring (bicyclic) bond motifs is 2. The Bertz CT molecular complexity index is 1850. The molecule has 11 nitrogen and oxygen atoms in total. The molecule has 0 spiro atoms. The maximum atomic E-state index is 11.9. The van der Waals surface area contributed by atoms with Gasteiger partial charge in [-0.1, -0.05) is 54.6 Å². The minimum atomic E-state index is -1.46. The summed E-state index contributed by atoms with van der Waals surface area (Å²) >= 11 is 0. The van der Waals surface area contributed by atoms with E-state index >= 15 is 0 Å². The second-order valence-corrected chi connectivity index (χ2v) is 10.3. The van der Waals surface area contributed by atoms with Gasteiger partial charge in [0.25, 0.3) is 5.69 Å². The number of aryl methyl sites for hydroxylation is 1. The fourth-order valence-electron chi connectivity index (χ4n) is 5.61. The number of para-hydroxylation sites is 1. The van der Waals surface area contributed by atoms with E-state index in [1.54, 1.807) is 6.07 Å². The van der Waals surface area contributed by atoms with Crippen LogP contribution in [-0.4, -0.2) is 51.6 Å². The van der Waals surface area contributed by atoms with Gasteiger partial charge in [0.05, 0.1) is 17.0 Å². The lowest BCUT2D eigenvalue weighted by Crippen LogP contribution is -2.34. The van der Waals surface area contributed by atoms with Crippen LogP contribution in [0.3, 0.4) is 0 Å². The van der Waals surface area contributed by atoms with Crippen molar-refractivity contribution in [2.45, 2.75) is 25.7 Å². The number of carbonyl (C=O) groups is 2. The third-order valence-electron chi connectivity index (χ3n) is 7.64. The van der Waals surface area contributed by atoms with Crippen LogP contribution in [0, 0.1) is 10.1 Å². The average molecular weight is 581 g/mol. The second-order valence-electron chi connectivity index (χ2n) is 10.3. The van der Waals surface area contributed by atoms with Gasteiger partial charge in [0.1, 0.15) is 23.5 Å². The Kier molecular flexibility index (Phi) is 7.61. The largest absolute Gasteiger partial charge is 0.512 e. The highest BCUT2D eigenvalue weighted by Crippen LogP contribution is 2.40. The number of carboxylic acid groups (broad SMARTS) is 1. The Morgan fingerprint density at radius 2 is 1.77 bits per heavy atom. The number of aromatic nitrogens is 2. The first kappa shape index (κ1) is 27.7. The molecule has 218 valence electrons. The van der Waals surface area contributed by atoms with Crippen LogP contribution in [0.5, 0.6) is 11.6 Å². The normalized spacial score (nSPS) is 13.4. The Balaban J connectivity index is 1.34. The van der Waals surface area contributed by atoms with E-state index in [1.807, 2.05) is 59.5 Å². The summed E-state index contributed by atoms with van der Waals surface area (Å²) in [5.74, 6) is 1.54. The summed E-state index contributed by atoms with van der Waals surface area (Å²) in [5, 5.41) is 24.0. The molecule has 2 N–H and O–H groups in total. The van der Waals surface area contributed by atoms with Gasteiger partial charge >= 0.3 is 6.16 Å². The predicted octanol–water partition coefficient (Wildman–Crippen LogP) is 6.53. The zero-order chi connectivity index (χ0) is 29.9. The van der Waals surface area contributed by atoms with Gasteiger partial charge in [-0.25, -0.2) is 9.78 Å². The molecule has 43 heavy (non-hydrogen) atoms. The van der Waals surface area contributed by atoms with Crippen molar-refractivity contribution in [1.82, 2.24) is 9.97 Å². The van der Waals surface area contributed by atoms with Crippen LogP contribution in [0.25, 0.3) is 32.8 Å². The van der Waals surface area contributed by atoms with Crippen molar-refractivity contribution in [2.75, 3.05) is 24.6 Å². The summed E-state index contributed by atoms with van der Waals surface area (Å²) in [4.78, 5) is 44.2. The lowest BCUT2D eigenvalue weighted by atomic mass is 9.99. The van der Waals surface area contributed by atoms with Gasteiger partial charge in [0.2, 0.25) is 5.88 Å². The molecule has 0 radical (unpaired) electrons. The fraction of sp³-hybridized carbons (Fsp3) is 0.219. The van der Waals surface area contributed by atoms with E-state index in [4.69, 9.17) is 9.47 Å². The molecule has 0 saturated carbocycles. The number of ether oxygens (including phenoxy) is 2. The molecule has 1 aliphatic rings. The number of ketones is 1. The molecule has 0 aliphatic carbocycles. The highest BCUT2D eigenvalue weighted by Gasteiger charge is 2.25. The van der Waals surface area contributed by atoms with Crippen molar-refractivity contribution in [1.29, 1.82) is 0 Å². The fourth-order valence-corrected chi connectivity index (χ4v) is 5.61. The van der Waals surface area contributed by atoms with Gasteiger partial charge in [-0.05, 0) is 24.3 Å². The van der Waals surface area contributed by atoms with Crippen molar-refractivity contribution >= 4 is 45.1 Å². The summed E-state index contributed by atoms with van der Waals surface area (Å²) in [6.45, 7) is 1.29. The zero-order valence-corrected chi connectivity index (χ0v) is 23.1. The van der Waals surface area contributed by atoms with Gasteiger partial charge in [0.15, 0.2) is 0 Å². The molecule has 3 heterocycles. The number of pyridine rings is 1. The Morgan fingerprint density at radius 3 is 2.56 bits per heavy atom. The van der Waals surface area contributed by atoms with Crippen molar-refractivity contribution in [3.05, 3.63) is 88.6 Å². The molecular formula is C32H28N4O7. The van der Waals surface area contributed by atoms with Crippen molar-refractivity contribution in [2.24, 2.45) is 0 Å². The SMILES string of the molecule is O=C1CCN(c2ncc([N+](=O)[O-])cc2-c2cccc3c(CCCOc4cccc5ccccc45)c(OC(=O)O)[nH]c23)CC1. The first-order valence-electron chi connectivity index (χ1n) is 14.0. The van der Waals surface area contributed by atoms with Crippen LogP contribution in [0.15, 0.2) is 72.9 Å². The molecule has 0 atom stereocenters. The number of hydrogen-bond donors (Lipinski definition) is 2. The lowest BCUT2D eigenvalue weighted by Gasteiger charge is -2.28. The van der Waals surface area contributed by atoms with Gasteiger partial charge in [-0.15, -0.1) is 0 Å². The minimum absolute atomic E-state index is 0.0867. The van der Waals surface area contributed by atoms with Gasteiger partial charge in [-0.2, -0.15) is 0 Å². The maximum absolute atomic E-state index is 11.9. The van der Waals surface area contributed by atoms with Crippen LogP contribution < -0.4 is 14.4 Å². The van der Waals surface area contributed by atoms with Gasteiger partial charge < -0.3 is 24.5 Å². The molecule has 1 saturated heterocycles. The summed E-state index contributed by atoms with van der Waals surface area (Å²) in [6, 6.07) is 20.8. The van der Waals surface area contributed by atoms with Crippen molar-refractivity contribution < 1.29 is 29.1 Å². The number of benzene rings is 3. The molecule has 1 fully saturated rings. The predicted molar refractivity (Wildman–Crippen MR) is 161 cm³/mol. The number of carbonyl (C=O) groups excluding carboxylic acids is 1. The molecule has 6 rings (SSSR count). The van der Waals surface area contributed by atoms with E-state index in [-0.39, 0.29) is 17.4 Å². The highest BCUT2D eigenvalue weighted by atomic mass is 16.7. The molecule has 0 bridgehead atoms. The van der Waals surface area contributed by atoms with E-state index in [1.165, 1.54) is 12.3 Å². The summed E-state index contributed by atoms with van der Waals surface area (Å²) in [6.07, 6.45) is 1.51. The summed E-state index contributed by atoms with van der Waals surface area (Å²) in [7, 11) is 0. The number of hydrogen-bond acceptors (Lipinski definition) is 8. The number of aromatic amines is 1. The lowest BCUT2D eigenvalue weighted by molar-refractivity contribution is -0.385. The van der Waals surface area contributed by atoms with Crippen molar-refractivity contribution in [3.63, 3.8) is 0 Å². The molecule has 11 heteroatoms. The highest BCUT2D eigenvalue weighted by molar-refractivity contribution is 6.00. The quantitative estimate of drug-likeness (QED) is 0.0859. The summed E-state index contributed by atoms with van der Waals surface area (Å²) in [5.41, 5.74) is 2.16. The number of H-pyrrole nitrogens is 1. The van der Waals surface area contributed by atoms with Crippen LogP contribution in [0.2, 0.25) is 0 Å². The Hall–Kier alpha value is -5.45. The number of nitro groups is 1. The zero-order valence-electron chi connectivity index (χ0n) is 23.1.